The van der Waals surface area contributed by atoms with Crippen molar-refractivity contribution >= 4 is 0 Å². The lowest BCUT2D eigenvalue weighted by Gasteiger charge is -2.23. The standard InChI is InChI=1S/C15H18F4O3/c1-8-10(7-22-14(8)15(17,18)19)9-4-5-12(16)11(6-20-2)13(9)21-3/h4-5,8,10,14H,6-7H2,1-3H3. The van der Waals surface area contributed by atoms with Crippen LogP contribution in [0.5, 0.6) is 5.75 Å². The molecular formula is C15H18F4O3. The molecule has 3 atom stereocenters. The van der Waals surface area contributed by atoms with Crippen molar-refractivity contribution < 1.29 is 31.8 Å². The number of alkyl halides is 3. The Hall–Kier alpha value is -1.34. The van der Waals surface area contributed by atoms with Crippen molar-refractivity contribution in [2.45, 2.75) is 31.7 Å². The average molecular weight is 322 g/mol. The molecule has 22 heavy (non-hydrogen) atoms. The Bertz CT molecular complexity index is 530. The first kappa shape index (κ1) is 17.0. The van der Waals surface area contributed by atoms with Gasteiger partial charge in [0.05, 0.1) is 25.9 Å². The molecule has 1 aromatic rings. The Kier molecular flexibility index (Phi) is 4.97. The van der Waals surface area contributed by atoms with Gasteiger partial charge in [-0.25, -0.2) is 4.39 Å². The average Bonchev–Trinajstić information content (AvgIpc) is 2.82. The van der Waals surface area contributed by atoms with Crippen LogP contribution >= 0.6 is 0 Å². The molecule has 124 valence electrons. The lowest BCUT2D eigenvalue weighted by atomic mass is 9.85. The first-order chi connectivity index (χ1) is 10.3. The van der Waals surface area contributed by atoms with Crippen LogP contribution in [0.15, 0.2) is 12.1 Å². The van der Waals surface area contributed by atoms with Gasteiger partial charge in [0, 0.05) is 24.5 Å². The second-order valence-electron chi connectivity index (χ2n) is 5.34. The maximum absolute atomic E-state index is 13.9. The molecule has 1 heterocycles. The Balaban J connectivity index is 2.39. The van der Waals surface area contributed by atoms with Gasteiger partial charge in [-0.3, -0.25) is 0 Å². The quantitative estimate of drug-likeness (QED) is 0.792. The predicted molar refractivity (Wildman–Crippen MR) is 71.4 cm³/mol. The zero-order valence-electron chi connectivity index (χ0n) is 12.5. The molecule has 3 unspecified atom stereocenters. The second kappa shape index (κ2) is 6.42. The number of hydrogen-bond donors (Lipinski definition) is 0. The Morgan fingerprint density at radius 1 is 1.27 bits per heavy atom. The number of hydrogen-bond acceptors (Lipinski definition) is 3. The third-order valence-electron chi connectivity index (χ3n) is 4.02. The minimum Gasteiger partial charge on any atom is -0.496 e. The van der Waals surface area contributed by atoms with Gasteiger partial charge in [0.2, 0.25) is 0 Å². The predicted octanol–water partition coefficient (Wildman–Crippen LogP) is 3.66. The van der Waals surface area contributed by atoms with Gasteiger partial charge in [-0.2, -0.15) is 13.2 Å². The van der Waals surface area contributed by atoms with Crippen LogP contribution < -0.4 is 4.74 Å². The van der Waals surface area contributed by atoms with Gasteiger partial charge in [-0.15, -0.1) is 0 Å². The summed E-state index contributed by atoms with van der Waals surface area (Å²) in [6.07, 6.45) is -6.24. The van der Waals surface area contributed by atoms with Crippen LogP contribution in [0.2, 0.25) is 0 Å². The summed E-state index contributed by atoms with van der Waals surface area (Å²) in [5.74, 6) is -1.58. The van der Waals surface area contributed by atoms with Gasteiger partial charge in [0.25, 0.3) is 0 Å². The summed E-state index contributed by atoms with van der Waals surface area (Å²) in [6.45, 7) is 1.38. The van der Waals surface area contributed by atoms with Crippen molar-refractivity contribution in [1.29, 1.82) is 0 Å². The van der Waals surface area contributed by atoms with E-state index in [0.717, 1.165) is 0 Å². The molecule has 0 radical (unpaired) electrons. The minimum atomic E-state index is -4.42. The fraction of sp³-hybridized carbons (Fsp3) is 0.600. The van der Waals surface area contributed by atoms with E-state index < -0.39 is 29.9 Å². The Labute approximate surface area is 126 Å². The van der Waals surface area contributed by atoms with Crippen LogP contribution in [0.3, 0.4) is 0 Å². The number of benzene rings is 1. The molecule has 1 fully saturated rings. The maximum Gasteiger partial charge on any atom is 0.414 e. The van der Waals surface area contributed by atoms with E-state index in [2.05, 4.69) is 0 Å². The normalized spacial score (nSPS) is 25.5. The fourth-order valence-corrected chi connectivity index (χ4v) is 2.92. The van der Waals surface area contributed by atoms with Gasteiger partial charge >= 0.3 is 6.18 Å². The molecule has 0 aliphatic carbocycles. The molecule has 0 aromatic heterocycles. The lowest BCUT2D eigenvalue weighted by Crippen LogP contribution is -2.33. The molecule has 0 bridgehead atoms. The molecule has 0 amide bonds. The van der Waals surface area contributed by atoms with Crippen molar-refractivity contribution in [1.82, 2.24) is 0 Å². The zero-order chi connectivity index (χ0) is 16.5. The second-order valence-corrected chi connectivity index (χ2v) is 5.34. The van der Waals surface area contributed by atoms with Crippen LogP contribution in [-0.4, -0.2) is 33.1 Å². The Morgan fingerprint density at radius 2 is 1.95 bits per heavy atom. The monoisotopic (exact) mass is 322 g/mol. The van der Waals surface area contributed by atoms with Gasteiger partial charge < -0.3 is 14.2 Å². The molecule has 0 N–H and O–H groups in total. The summed E-state index contributed by atoms with van der Waals surface area (Å²) in [5.41, 5.74) is 0.709. The van der Waals surface area contributed by atoms with Gasteiger partial charge in [0.15, 0.2) is 6.10 Å². The molecule has 1 aliphatic heterocycles. The van der Waals surface area contributed by atoms with Crippen molar-refractivity contribution in [2.24, 2.45) is 5.92 Å². The maximum atomic E-state index is 13.9. The van der Waals surface area contributed by atoms with Crippen LogP contribution in [0.1, 0.15) is 24.0 Å². The van der Waals surface area contributed by atoms with E-state index in [9.17, 15) is 17.6 Å². The molecule has 1 aliphatic rings. The summed E-state index contributed by atoms with van der Waals surface area (Å²) >= 11 is 0. The van der Waals surface area contributed by atoms with Gasteiger partial charge in [0.1, 0.15) is 11.6 Å². The summed E-state index contributed by atoms with van der Waals surface area (Å²) in [5, 5.41) is 0. The summed E-state index contributed by atoms with van der Waals surface area (Å²) in [6, 6.07) is 2.68. The van der Waals surface area contributed by atoms with E-state index in [1.165, 1.54) is 33.3 Å². The Morgan fingerprint density at radius 3 is 2.45 bits per heavy atom. The summed E-state index contributed by atoms with van der Waals surface area (Å²) in [4.78, 5) is 0. The first-order valence-corrected chi connectivity index (χ1v) is 6.83. The summed E-state index contributed by atoms with van der Waals surface area (Å²) < 4.78 is 67.7. The molecule has 0 spiro atoms. The fourth-order valence-electron chi connectivity index (χ4n) is 2.92. The molecule has 2 rings (SSSR count). The minimum absolute atomic E-state index is 0.0203. The highest BCUT2D eigenvalue weighted by Gasteiger charge is 2.51. The number of halogens is 4. The van der Waals surface area contributed by atoms with Crippen molar-refractivity contribution in [3.8, 4) is 5.75 Å². The van der Waals surface area contributed by atoms with Crippen LogP contribution in [0, 0.1) is 11.7 Å². The molecule has 1 aromatic carbocycles. The highest BCUT2D eigenvalue weighted by Crippen LogP contribution is 2.45. The molecule has 7 heteroatoms. The topological polar surface area (TPSA) is 27.7 Å². The van der Waals surface area contributed by atoms with Gasteiger partial charge in [-0.05, 0) is 6.07 Å². The third kappa shape index (κ3) is 3.05. The number of methoxy groups -OCH3 is 2. The first-order valence-electron chi connectivity index (χ1n) is 6.83. The van der Waals surface area contributed by atoms with E-state index in [0.29, 0.717) is 5.56 Å². The van der Waals surface area contributed by atoms with E-state index in [1.807, 2.05) is 0 Å². The van der Waals surface area contributed by atoms with E-state index in [4.69, 9.17) is 14.2 Å². The van der Waals surface area contributed by atoms with Crippen molar-refractivity contribution in [3.63, 3.8) is 0 Å². The van der Waals surface area contributed by atoms with E-state index >= 15 is 0 Å². The highest BCUT2D eigenvalue weighted by atomic mass is 19.4. The molecule has 3 nitrogen and oxygen atoms in total. The smallest absolute Gasteiger partial charge is 0.414 e. The SMILES string of the molecule is COCc1c(F)ccc(C2COC(C(F)(F)F)C2C)c1OC. The number of rotatable bonds is 4. The molecule has 1 saturated heterocycles. The van der Waals surface area contributed by atoms with Crippen LogP contribution in [0.25, 0.3) is 0 Å². The lowest BCUT2D eigenvalue weighted by molar-refractivity contribution is -0.215. The molecular weight excluding hydrogens is 304 g/mol. The van der Waals surface area contributed by atoms with E-state index in [-0.39, 0.29) is 24.5 Å². The number of ether oxygens (including phenoxy) is 3. The van der Waals surface area contributed by atoms with Crippen molar-refractivity contribution in [2.75, 3.05) is 20.8 Å². The highest BCUT2D eigenvalue weighted by molar-refractivity contribution is 5.45. The largest absolute Gasteiger partial charge is 0.496 e. The van der Waals surface area contributed by atoms with Gasteiger partial charge in [-0.1, -0.05) is 13.0 Å². The van der Waals surface area contributed by atoms with Crippen LogP contribution in [-0.2, 0) is 16.1 Å². The van der Waals surface area contributed by atoms with Crippen molar-refractivity contribution in [3.05, 3.63) is 29.1 Å². The molecule has 0 saturated carbocycles. The van der Waals surface area contributed by atoms with E-state index in [1.54, 1.807) is 0 Å². The summed E-state index contributed by atoms with van der Waals surface area (Å²) in [7, 11) is 2.77. The van der Waals surface area contributed by atoms with Crippen LogP contribution in [0.4, 0.5) is 17.6 Å². The third-order valence-corrected chi connectivity index (χ3v) is 4.02. The zero-order valence-corrected chi connectivity index (χ0v) is 12.5.